The number of rotatable bonds is 3. The number of hydrogen-bond acceptors (Lipinski definition) is 2. The number of nitrogens with one attached hydrogen (secondary N) is 1. The Morgan fingerprint density at radius 3 is 2.76 bits per heavy atom. The fourth-order valence-corrected chi connectivity index (χ4v) is 2.29. The highest BCUT2D eigenvalue weighted by molar-refractivity contribution is 5.93. The summed E-state index contributed by atoms with van der Waals surface area (Å²) in [7, 11) is 0. The largest absolute Gasteiger partial charge is 0.344 e. The van der Waals surface area contributed by atoms with Crippen LogP contribution in [0.15, 0.2) is 54.9 Å². The zero-order valence-corrected chi connectivity index (χ0v) is 12.1. The number of imidazole rings is 1. The summed E-state index contributed by atoms with van der Waals surface area (Å²) < 4.78 is 1.86. The molecule has 4 heteroatoms. The maximum absolute atomic E-state index is 12.3. The number of amides is 1. The summed E-state index contributed by atoms with van der Waals surface area (Å²) in [5, 5.41) is 2.97. The van der Waals surface area contributed by atoms with Gasteiger partial charge in [0, 0.05) is 12.4 Å². The molecule has 0 spiro atoms. The van der Waals surface area contributed by atoms with Crippen molar-refractivity contribution in [2.45, 2.75) is 19.9 Å². The summed E-state index contributed by atoms with van der Waals surface area (Å²) in [6.07, 6.45) is 3.66. The van der Waals surface area contributed by atoms with Gasteiger partial charge in [-0.3, -0.25) is 4.79 Å². The number of carbonyl (C=O) groups is 1. The SMILES string of the molecule is Cc1ccn2cc(C(=O)NC(C)c3ccccc3)nc2c1. The second-order valence-electron chi connectivity index (χ2n) is 5.20. The number of aryl methyl sites for hydroxylation is 1. The minimum absolute atomic E-state index is 0.0507. The highest BCUT2D eigenvalue weighted by atomic mass is 16.1. The Morgan fingerprint density at radius 1 is 1.24 bits per heavy atom. The van der Waals surface area contributed by atoms with Crippen LogP contribution < -0.4 is 5.32 Å². The number of nitrogens with zero attached hydrogens (tertiary/aromatic N) is 2. The van der Waals surface area contributed by atoms with Crippen LogP contribution in [0.1, 0.15) is 34.6 Å². The molecule has 21 heavy (non-hydrogen) atoms. The summed E-state index contributed by atoms with van der Waals surface area (Å²) in [4.78, 5) is 16.7. The molecule has 1 unspecified atom stereocenters. The average molecular weight is 279 g/mol. The molecular weight excluding hydrogens is 262 g/mol. The molecule has 0 saturated carbocycles. The van der Waals surface area contributed by atoms with Crippen LogP contribution in [0.2, 0.25) is 0 Å². The second-order valence-corrected chi connectivity index (χ2v) is 5.20. The molecule has 0 aliphatic rings. The summed E-state index contributed by atoms with van der Waals surface area (Å²) in [6.45, 7) is 3.97. The van der Waals surface area contributed by atoms with Gasteiger partial charge < -0.3 is 9.72 Å². The van der Waals surface area contributed by atoms with Crippen LogP contribution in [0.25, 0.3) is 5.65 Å². The van der Waals surface area contributed by atoms with E-state index in [2.05, 4.69) is 10.3 Å². The molecule has 0 saturated heterocycles. The molecule has 0 aliphatic heterocycles. The predicted molar refractivity (Wildman–Crippen MR) is 82.3 cm³/mol. The second kappa shape index (κ2) is 5.40. The summed E-state index contributed by atoms with van der Waals surface area (Å²) in [5.41, 5.74) is 3.42. The molecule has 4 nitrogen and oxygen atoms in total. The van der Waals surface area contributed by atoms with E-state index in [1.54, 1.807) is 6.20 Å². The Balaban J connectivity index is 1.80. The molecule has 0 fully saturated rings. The summed E-state index contributed by atoms with van der Waals surface area (Å²) >= 11 is 0. The maximum Gasteiger partial charge on any atom is 0.271 e. The lowest BCUT2D eigenvalue weighted by Gasteiger charge is -2.12. The van der Waals surface area contributed by atoms with E-state index in [1.807, 2.05) is 66.9 Å². The third-order valence-electron chi connectivity index (χ3n) is 3.50. The van der Waals surface area contributed by atoms with Gasteiger partial charge in [-0.05, 0) is 37.1 Å². The lowest BCUT2D eigenvalue weighted by Crippen LogP contribution is -2.26. The van der Waals surface area contributed by atoms with Gasteiger partial charge in [0.25, 0.3) is 5.91 Å². The third-order valence-corrected chi connectivity index (χ3v) is 3.50. The molecule has 0 radical (unpaired) electrons. The predicted octanol–water partition coefficient (Wildman–Crippen LogP) is 3.13. The van der Waals surface area contributed by atoms with Gasteiger partial charge in [-0.25, -0.2) is 4.98 Å². The number of hydrogen-bond donors (Lipinski definition) is 1. The van der Waals surface area contributed by atoms with Gasteiger partial charge in [0.15, 0.2) is 0 Å². The number of carbonyl (C=O) groups excluding carboxylic acids is 1. The van der Waals surface area contributed by atoms with E-state index in [0.29, 0.717) is 5.69 Å². The van der Waals surface area contributed by atoms with Crippen LogP contribution in [0, 0.1) is 6.92 Å². The topological polar surface area (TPSA) is 46.4 Å². The number of aromatic nitrogens is 2. The van der Waals surface area contributed by atoms with Gasteiger partial charge in [0.1, 0.15) is 11.3 Å². The highest BCUT2D eigenvalue weighted by Gasteiger charge is 2.14. The molecule has 1 atom stereocenters. The van der Waals surface area contributed by atoms with E-state index < -0.39 is 0 Å². The molecular formula is C17H17N3O. The lowest BCUT2D eigenvalue weighted by atomic mass is 10.1. The van der Waals surface area contributed by atoms with Crippen LogP contribution in [-0.2, 0) is 0 Å². The van der Waals surface area contributed by atoms with Crippen molar-refractivity contribution in [2.24, 2.45) is 0 Å². The smallest absolute Gasteiger partial charge is 0.271 e. The molecule has 106 valence electrons. The Morgan fingerprint density at radius 2 is 2.00 bits per heavy atom. The minimum atomic E-state index is -0.160. The average Bonchev–Trinajstić information content (AvgIpc) is 2.91. The van der Waals surface area contributed by atoms with Crippen LogP contribution in [-0.4, -0.2) is 15.3 Å². The zero-order chi connectivity index (χ0) is 14.8. The molecule has 3 rings (SSSR count). The monoisotopic (exact) mass is 279 g/mol. The maximum atomic E-state index is 12.3. The van der Waals surface area contributed by atoms with E-state index in [-0.39, 0.29) is 11.9 Å². The molecule has 2 aromatic heterocycles. The van der Waals surface area contributed by atoms with Gasteiger partial charge in [0.2, 0.25) is 0 Å². The van der Waals surface area contributed by atoms with Crippen molar-refractivity contribution in [1.29, 1.82) is 0 Å². The van der Waals surface area contributed by atoms with Crippen molar-refractivity contribution in [3.05, 3.63) is 71.7 Å². The molecule has 1 aromatic carbocycles. The van der Waals surface area contributed by atoms with Crippen LogP contribution >= 0.6 is 0 Å². The van der Waals surface area contributed by atoms with Gasteiger partial charge in [-0.2, -0.15) is 0 Å². The van der Waals surface area contributed by atoms with E-state index in [4.69, 9.17) is 0 Å². The van der Waals surface area contributed by atoms with Crippen molar-refractivity contribution >= 4 is 11.6 Å². The Bertz CT molecular complexity index is 777. The van der Waals surface area contributed by atoms with Gasteiger partial charge in [-0.1, -0.05) is 30.3 Å². The van der Waals surface area contributed by atoms with E-state index in [9.17, 15) is 4.79 Å². The Labute approximate surface area is 123 Å². The van der Waals surface area contributed by atoms with Crippen LogP contribution in [0.5, 0.6) is 0 Å². The van der Waals surface area contributed by atoms with Crippen molar-refractivity contribution in [2.75, 3.05) is 0 Å². The summed E-state index contributed by atoms with van der Waals surface area (Å²) in [5.74, 6) is -0.160. The van der Waals surface area contributed by atoms with Crippen molar-refractivity contribution in [3.63, 3.8) is 0 Å². The molecule has 2 heterocycles. The summed E-state index contributed by atoms with van der Waals surface area (Å²) in [6, 6.07) is 13.8. The van der Waals surface area contributed by atoms with Gasteiger partial charge in [-0.15, -0.1) is 0 Å². The van der Waals surface area contributed by atoms with E-state index >= 15 is 0 Å². The first-order valence-corrected chi connectivity index (χ1v) is 6.94. The fraction of sp³-hybridized carbons (Fsp3) is 0.176. The Hall–Kier alpha value is -2.62. The van der Waals surface area contributed by atoms with Crippen molar-refractivity contribution in [3.8, 4) is 0 Å². The Kier molecular flexibility index (Phi) is 3.44. The third kappa shape index (κ3) is 2.79. The molecule has 1 N–H and O–H groups in total. The van der Waals surface area contributed by atoms with E-state index in [0.717, 1.165) is 16.8 Å². The first-order chi connectivity index (χ1) is 10.1. The number of fused-ring (bicyclic) bond motifs is 1. The fourth-order valence-electron chi connectivity index (χ4n) is 2.29. The number of pyridine rings is 1. The van der Waals surface area contributed by atoms with Crippen LogP contribution in [0.3, 0.4) is 0 Å². The molecule has 1 amide bonds. The lowest BCUT2D eigenvalue weighted by molar-refractivity contribution is 0.0935. The minimum Gasteiger partial charge on any atom is -0.344 e. The van der Waals surface area contributed by atoms with Crippen molar-refractivity contribution in [1.82, 2.24) is 14.7 Å². The van der Waals surface area contributed by atoms with Crippen molar-refractivity contribution < 1.29 is 4.79 Å². The highest BCUT2D eigenvalue weighted by Crippen LogP contribution is 2.13. The first kappa shape index (κ1) is 13.4. The molecule has 3 aromatic rings. The normalized spacial score (nSPS) is 12.3. The molecule has 0 aliphatic carbocycles. The van der Waals surface area contributed by atoms with E-state index in [1.165, 1.54) is 0 Å². The molecule has 0 bridgehead atoms. The zero-order valence-electron chi connectivity index (χ0n) is 12.1. The van der Waals surface area contributed by atoms with Crippen LogP contribution in [0.4, 0.5) is 0 Å². The standard InChI is InChI=1S/C17H17N3O/c1-12-8-9-20-11-15(19-16(20)10-12)17(21)18-13(2)14-6-4-3-5-7-14/h3-11,13H,1-2H3,(H,18,21). The quantitative estimate of drug-likeness (QED) is 0.800. The first-order valence-electron chi connectivity index (χ1n) is 6.94. The number of benzene rings is 1. The van der Waals surface area contributed by atoms with Gasteiger partial charge in [0.05, 0.1) is 6.04 Å². The van der Waals surface area contributed by atoms with Gasteiger partial charge >= 0.3 is 0 Å².